The van der Waals surface area contributed by atoms with E-state index in [2.05, 4.69) is 0 Å². The van der Waals surface area contributed by atoms with Crippen LogP contribution in [0.2, 0.25) is 0 Å². The van der Waals surface area contributed by atoms with Crippen LogP contribution in [0.25, 0.3) is 0 Å². The quantitative estimate of drug-likeness (QED) is 0.519. The molecule has 0 spiro atoms. The van der Waals surface area contributed by atoms with Gasteiger partial charge in [-0.05, 0) is 24.6 Å². The van der Waals surface area contributed by atoms with E-state index in [1.165, 1.54) is 17.7 Å². The van der Waals surface area contributed by atoms with Gasteiger partial charge in [-0.15, -0.1) is 0 Å². The maximum atomic E-state index is 12.7. The van der Waals surface area contributed by atoms with Gasteiger partial charge in [0, 0.05) is 18.8 Å². The number of anilines is 1. The van der Waals surface area contributed by atoms with Crippen molar-refractivity contribution in [1.29, 1.82) is 0 Å². The molecule has 0 aliphatic carbocycles. The number of carbonyl (C=O) groups is 1. The molecule has 1 N–H and O–H groups in total. The maximum Gasteiger partial charge on any atom is 0.356 e. The van der Waals surface area contributed by atoms with Gasteiger partial charge in [0.25, 0.3) is 0 Å². The summed E-state index contributed by atoms with van der Waals surface area (Å²) < 4.78 is 31.6. The molecule has 0 bridgehead atoms. The number of rotatable bonds is 8. The van der Waals surface area contributed by atoms with E-state index in [1.54, 1.807) is 36.4 Å². The highest BCUT2D eigenvalue weighted by Gasteiger charge is 2.22. The maximum absolute atomic E-state index is 12.7. The predicted octanol–water partition coefficient (Wildman–Crippen LogP) is 2.50. The van der Waals surface area contributed by atoms with Crippen LogP contribution in [-0.4, -0.2) is 24.1 Å². The summed E-state index contributed by atoms with van der Waals surface area (Å²) in [4.78, 5) is 24.6. The van der Waals surface area contributed by atoms with Crippen molar-refractivity contribution < 1.29 is 23.1 Å². The molecule has 162 valence electrons. The van der Waals surface area contributed by atoms with Crippen LogP contribution in [0.3, 0.4) is 0 Å². The Labute approximate surface area is 181 Å². The summed E-state index contributed by atoms with van der Waals surface area (Å²) in [5.74, 6) is -1.64. The molecule has 0 aliphatic heterocycles. The van der Waals surface area contributed by atoms with E-state index < -0.39 is 22.3 Å². The smallest absolute Gasteiger partial charge is 0.356 e. The van der Waals surface area contributed by atoms with E-state index in [0.717, 1.165) is 15.4 Å². The van der Waals surface area contributed by atoms with E-state index in [0.29, 0.717) is 5.69 Å². The first-order valence-electron chi connectivity index (χ1n) is 9.39. The second-order valence-electron chi connectivity index (χ2n) is 6.95. The Morgan fingerprint density at radius 2 is 1.74 bits per heavy atom. The van der Waals surface area contributed by atoms with Crippen LogP contribution in [0, 0.1) is 6.92 Å². The Morgan fingerprint density at radius 1 is 1.10 bits per heavy atom. The number of thiol groups is 1. The molecular weight excluding hydrogens is 420 g/mol. The number of hydrogen-bond donors (Lipinski definition) is 2. The lowest BCUT2D eigenvalue weighted by molar-refractivity contribution is 0.0678. The number of carboxylic acids is 1. The number of nitrogens with zero attached hydrogens (tertiary/aromatic N) is 2. The summed E-state index contributed by atoms with van der Waals surface area (Å²) in [5.41, 5.74) is 1.39. The van der Waals surface area contributed by atoms with Crippen LogP contribution in [-0.2, 0) is 31.1 Å². The van der Waals surface area contributed by atoms with Crippen LogP contribution in [0.5, 0.6) is 5.75 Å². The number of aromatic nitrogens is 1. The minimum Gasteiger partial charge on any atom is -0.482 e. The summed E-state index contributed by atoms with van der Waals surface area (Å²) in [6.07, 6.45) is 0. The van der Waals surface area contributed by atoms with Crippen LogP contribution < -0.4 is 14.5 Å². The molecule has 1 heterocycles. The van der Waals surface area contributed by atoms with Crippen molar-refractivity contribution in [3.63, 3.8) is 0 Å². The van der Waals surface area contributed by atoms with Crippen LogP contribution in [0.15, 0.2) is 65.5 Å². The normalized spacial score (nSPS) is 10.8. The number of hydrogen-bond acceptors (Lipinski definition) is 5. The van der Waals surface area contributed by atoms with Crippen molar-refractivity contribution in [3.05, 3.63) is 93.4 Å². The number of aryl methyl sites for hydroxylation is 1. The number of carboxylic acid groups (broad SMARTS) is 1. The van der Waals surface area contributed by atoms with Gasteiger partial charge in [0.2, 0.25) is 16.3 Å². The fourth-order valence-corrected chi connectivity index (χ4v) is 3.68. The van der Waals surface area contributed by atoms with Crippen LogP contribution in [0.4, 0.5) is 5.69 Å². The molecular formula is C22H22N2O6S. The SMILES string of the molecule is Cc1ccc(N(Cc2cc(=O)c(OCc3ccccc3)c(C(=O)O)n2C)[SH](=O)=O)cc1. The van der Waals surface area contributed by atoms with Gasteiger partial charge in [-0.25, -0.2) is 13.2 Å². The van der Waals surface area contributed by atoms with E-state index in [4.69, 9.17) is 4.74 Å². The van der Waals surface area contributed by atoms with E-state index >= 15 is 0 Å². The molecule has 0 saturated carbocycles. The van der Waals surface area contributed by atoms with Gasteiger partial charge in [0.1, 0.15) is 6.61 Å². The Kier molecular flexibility index (Phi) is 6.76. The van der Waals surface area contributed by atoms with Gasteiger partial charge in [0.05, 0.1) is 12.2 Å². The number of benzene rings is 2. The zero-order chi connectivity index (χ0) is 22.5. The predicted molar refractivity (Wildman–Crippen MR) is 117 cm³/mol. The first-order valence-corrected chi connectivity index (χ1v) is 10.5. The van der Waals surface area contributed by atoms with Crippen molar-refractivity contribution >= 4 is 22.5 Å². The molecule has 1 aromatic heterocycles. The average molecular weight is 442 g/mol. The van der Waals surface area contributed by atoms with E-state index in [-0.39, 0.29) is 30.3 Å². The third kappa shape index (κ3) is 5.13. The molecule has 8 nitrogen and oxygen atoms in total. The van der Waals surface area contributed by atoms with Gasteiger partial charge in [-0.3, -0.25) is 9.10 Å². The standard InChI is InChI=1S/C22H22N2O6S/c1-15-8-10-17(11-9-15)24(31(28)29)13-18-12-19(25)21(20(22(26)27)23(18)2)30-14-16-6-4-3-5-7-16/h3-12,31H,13-14H2,1-2H3,(H,26,27). The molecule has 0 radical (unpaired) electrons. The lowest BCUT2D eigenvalue weighted by Gasteiger charge is -2.21. The largest absolute Gasteiger partial charge is 0.482 e. The third-order valence-corrected chi connectivity index (χ3v) is 5.54. The van der Waals surface area contributed by atoms with Gasteiger partial charge < -0.3 is 14.4 Å². The molecule has 3 aromatic rings. The monoisotopic (exact) mass is 442 g/mol. The van der Waals surface area contributed by atoms with Gasteiger partial charge in [0.15, 0.2) is 11.4 Å². The summed E-state index contributed by atoms with van der Waals surface area (Å²) in [7, 11) is -1.57. The zero-order valence-electron chi connectivity index (χ0n) is 17.0. The lowest BCUT2D eigenvalue weighted by Crippen LogP contribution is -2.27. The highest BCUT2D eigenvalue weighted by atomic mass is 32.2. The van der Waals surface area contributed by atoms with Crippen LogP contribution in [0.1, 0.15) is 27.3 Å². The highest BCUT2D eigenvalue weighted by molar-refractivity contribution is 7.74. The third-order valence-electron chi connectivity index (χ3n) is 4.77. The van der Waals surface area contributed by atoms with Crippen molar-refractivity contribution in [2.24, 2.45) is 7.05 Å². The molecule has 0 atom stereocenters. The second-order valence-corrected chi connectivity index (χ2v) is 7.91. The number of aromatic carboxylic acids is 1. The molecule has 3 rings (SSSR count). The fourth-order valence-electron chi connectivity index (χ4n) is 3.10. The Bertz CT molecular complexity index is 1210. The lowest BCUT2D eigenvalue weighted by atomic mass is 10.2. The van der Waals surface area contributed by atoms with Crippen LogP contribution >= 0.6 is 0 Å². The molecule has 9 heteroatoms. The first kappa shape index (κ1) is 22.1. The number of ether oxygens (including phenoxy) is 1. The molecule has 0 fully saturated rings. The minimum absolute atomic E-state index is 0.0254. The molecule has 0 aliphatic rings. The summed E-state index contributed by atoms with van der Waals surface area (Å²) in [6.45, 7) is 1.70. The van der Waals surface area contributed by atoms with Crippen molar-refractivity contribution in [3.8, 4) is 5.75 Å². The Balaban J connectivity index is 1.98. The number of pyridine rings is 1. The van der Waals surface area contributed by atoms with Gasteiger partial charge in [-0.2, -0.15) is 0 Å². The Hall–Kier alpha value is -3.59. The Morgan fingerprint density at radius 3 is 2.32 bits per heavy atom. The second kappa shape index (κ2) is 9.48. The molecule has 0 saturated heterocycles. The van der Waals surface area contributed by atoms with Crippen molar-refractivity contribution in [1.82, 2.24) is 4.57 Å². The first-order chi connectivity index (χ1) is 14.8. The minimum atomic E-state index is -3.03. The molecule has 0 unspecified atom stereocenters. The van der Waals surface area contributed by atoms with Gasteiger partial charge in [-0.1, -0.05) is 48.0 Å². The van der Waals surface area contributed by atoms with Gasteiger partial charge >= 0.3 is 5.97 Å². The molecule has 2 aromatic carbocycles. The summed E-state index contributed by atoms with van der Waals surface area (Å²) in [6, 6.07) is 17.1. The molecule has 31 heavy (non-hydrogen) atoms. The average Bonchev–Trinajstić information content (AvgIpc) is 2.74. The summed E-state index contributed by atoms with van der Waals surface area (Å²) in [5, 5.41) is 9.71. The van der Waals surface area contributed by atoms with Crippen molar-refractivity contribution in [2.45, 2.75) is 20.1 Å². The van der Waals surface area contributed by atoms with E-state index in [9.17, 15) is 23.1 Å². The summed E-state index contributed by atoms with van der Waals surface area (Å²) >= 11 is 0. The van der Waals surface area contributed by atoms with Crippen molar-refractivity contribution in [2.75, 3.05) is 4.31 Å². The fraction of sp³-hybridized carbons (Fsp3) is 0.182. The zero-order valence-corrected chi connectivity index (χ0v) is 17.9. The topological polar surface area (TPSA) is 106 Å². The highest BCUT2D eigenvalue weighted by Crippen LogP contribution is 2.21. The molecule has 0 amide bonds. The van der Waals surface area contributed by atoms with E-state index in [1.807, 2.05) is 25.1 Å².